The number of urea groups is 1. The lowest BCUT2D eigenvalue weighted by atomic mass is 10.2. The van der Waals surface area contributed by atoms with Crippen molar-refractivity contribution in [2.75, 3.05) is 36.4 Å². The van der Waals surface area contributed by atoms with Crippen LogP contribution in [0.5, 0.6) is 0 Å². The minimum atomic E-state index is -0.102. The van der Waals surface area contributed by atoms with Crippen LogP contribution in [0.15, 0.2) is 58.3 Å². The lowest BCUT2D eigenvalue weighted by Gasteiger charge is -2.34. The Hall–Kier alpha value is -3.39. The van der Waals surface area contributed by atoms with Gasteiger partial charge in [0.25, 0.3) is 0 Å². The van der Waals surface area contributed by atoms with Crippen LogP contribution in [0.4, 0.5) is 15.6 Å². The molecule has 0 radical (unpaired) electrons. The van der Waals surface area contributed by atoms with Crippen molar-refractivity contribution >= 4 is 39.3 Å². The van der Waals surface area contributed by atoms with Crippen LogP contribution in [-0.2, 0) is 0 Å². The highest BCUT2D eigenvalue weighted by Gasteiger charge is 2.23. The second-order valence-electron chi connectivity index (χ2n) is 7.20. The molecule has 2 aromatic carbocycles. The molecule has 8 heteroatoms. The summed E-state index contributed by atoms with van der Waals surface area (Å²) in [5.74, 6) is 0.613. The number of thiazole rings is 1. The van der Waals surface area contributed by atoms with Gasteiger partial charge in [0.05, 0.1) is 5.69 Å². The number of rotatable bonds is 3. The molecule has 7 nitrogen and oxygen atoms in total. The first-order valence-electron chi connectivity index (χ1n) is 9.85. The predicted octanol–water partition coefficient (Wildman–Crippen LogP) is 4.61. The summed E-state index contributed by atoms with van der Waals surface area (Å²) in [6.45, 7) is 4.62. The molecule has 1 N–H and O–H groups in total. The van der Waals surface area contributed by atoms with Crippen molar-refractivity contribution in [3.05, 3.63) is 59.8 Å². The van der Waals surface area contributed by atoms with Crippen molar-refractivity contribution in [2.45, 2.75) is 6.92 Å². The van der Waals surface area contributed by atoms with Gasteiger partial charge in [0.1, 0.15) is 5.52 Å². The lowest BCUT2D eigenvalue weighted by molar-refractivity contribution is 0.208. The summed E-state index contributed by atoms with van der Waals surface area (Å²) < 4.78 is 5.54. The van der Waals surface area contributed by atoms with Crippen LogP contribution in [0, 0.1) is 6.92 Å². The highest BCUT2D eigenvalue weighted by Crippen LogP contribution is 2.28. The minimum Gasteiger partial charge on any atom is -0.441 e. The van der Waals surface area contributed by atoms with E-state index in [2.05, 4.69) is 32.7 Å². The maximum absolute atomic E-state index is 12.7. The Kier molecular flexibility index (Phi) is 4.84. The number of fused-ring (bicyclic) bond motifs is 1. The van der Waals surface area contributed by atoms with E-state index in [0.29, 0.717) is 30.3 Å². The first kappa shape index (κ1) is 18.6. The Balaban J connectivity index is 1.20. The molecule has 2 aromatic heterocycles. The van der Waals surface area contributed by atoms with E-state index < -0.39 is 0 Å². The third-order valence-corrected chi connectivity index (χ3v) is 6.05. The molecular formula is C22H21N5O2S. The molecule has 5 rings (SSSR count). The normalized spacial score (nSPS) is 14.3. The number of amides is 2. The lowest BCUT2D eigenvalue weighted by Crippen LogP contribution is -2.50. The van der Waals surface area contributed by atoms with Gasteiger partial charge >= 0.3 is 6.03 Å². The predicted molar refractivity (Wildman–Crippen MR) is 119 cm³/mol. The summed E-state index contributed by atoms with van der Waals surface area (Å²) in [7, 11) is 0. The zero-order chi connectivity index (χ0) is 20.5. The van der Waals surface area contributed by atoms with Crippen LogP contribution in [0.3, 0.4) is 0 Å². The summed E-state index contributed by atoms with van der Waals surface area (Å²) in [4.78, 5) is 25.8. The van der Waals surface area contributed by atoms with Gasteiger partial charge in [0, 0.05) is 55.8 Å². The molecule has 1 aliphatic rings. The van der Waals surface area contributed by atoms with Gasteiger partial charge in [-0.3, -0.25) is 0 Å². The third-order valence-electron chi connectivity index (χ3n) is 5.15. The van der Waals surface area contributed by atoms with Gasteiger partial charge in [0.15, 0.2) is 16.6 Å². The molecular weight excluding hydrogens is 398 g/mol. The van der Waals surface area contributed by atoms with Crippen LogP contribution < -0.4 is 10.2 Å². The van der Waals surface area contributed by atoms with Gasteiger partial charge in [-0.2, -0.15) is 0 Å². The van der Waals surface area contributed by atoms with Crippen LogP contribution in [0.1, 0.15) is 5.89 Å². The van der Waals surface area contributed by atoms with E-state index in [4.69, 9.17) is 9.40 Å². The van der Waals surface area contributed by atoms with Crippen molar-refractivity contribution in [1.29, 1.82) is 0 Å². The third kappa shape index (κ3) is 3.73. The summed E-state index contributed by atoms with van der Waals surface area (Å²) in [6, 6.07) is 15.6. The number of aromatic nitrogens is 2. The molecule has 30 heavy (non-hydrogen) atoms. The standard InChI is InChI=1S/C22H21N5O2S/c1-15-23-18-8-7-17(13-20(18)29-15)24-21(28)26-9-11-27(12-10-26)22-25-19(14-30-22)16-5-3-2-4-6-16/h2-8,13-14H,9-12H2,1H3,(H,24,28). The van der Waals surface area contributed by atoms with E-state index in [9.17, 15) is 4.79 Å². The molecule has 152 valence electrons. The SMILES string of the molecule is Cc1nc2ccc(NC(=O)N3CCN(c4nc(-c5ccccc5)cs4)CC3)cc2o1. The molecule has 0 atom stereocenters. The maximum atomic E-state index is 12.7. The Bertz CT molecular complexity index is 1180. The molecule has 4 aromatic rings. The van der Waals surface area contributed by atoms with Crippen LogP contribution in [0.2, 0.25) is 0 Å². The smallest absolute Gasteiger partial charge is 0.321 e. The molecule has 1 aliphatic heterocycles. The van der Waals surface area contributed by atoms with Gasteiger partial charge in [-0.15, -0.1) is 11.3 Å². The maximum Gasteiger partial charge on any atom is 0.321 e. The Labute approximate surface area is 178 Å². The summed E-state index contributed by atoms with van der Waals surface area (Å²) >= 11 is 1.65. The number of hydrogen-bond acceptors (Lipinski definition) is 6. The topological polar surface area (TPSA) is 74.5 Å². The van der Waals surface area contributed by atoms with E-state index in [0.717, 1.165) is 35.0 Å². The number of nitrogens with zero attached hydrogens (tertiary/aromatic N) is 4. The van der Waals surface area contributed by atoms with E-state index >= 15 is 0 Å². The monoisotopic (exact) mass is 419 g/mol. The van der Waals surface area contributed by atoms with Crippen LogP contribution in [0.25, 0.3) is 22.4 Å². The Morgan fingerprint density at radius 2 is 1.87 bits per heavy atom. The molecule has 0 bridgehead atoms. The first-order valence-corrected chi connectivity index (χ1v) is 10.7. The second kappa shape index (κ2) is 7.79. The number of piperazine rings is 1. The van der Waals surface area contributed by atoms with Crippen molar-refractivity contribution in [2.24, 2.45) is 0 Å². The minimum absolute atomic E-state index is 0.102. The fourth-order valence-electron chi connectivity index (χ4n) is 3.57. The fraction of sp³-hybridized carbons (Fsp3) is 0.227. The molecule has 0 saturated carbocycles. The largest absolute Gasteiger partial charge is 0.441 e. The molecule has 1 fully saturated rings. The van der Waals surface area contributed by atoms with E-state index in [1.165, 1.54) is 0 Å². The van der Waals surface area contributed by atoms with Gasteiger partial charge in [0.2, 0.25) is 0 Å². The van der Waals surface area contributed by atoms with E-state index in [1.54, 1.807) is 11.3 Å². The number of benzene rings is 2. The van der Waals surface area contributed by atoms with Crippen LogP contribution >= 0.6 is 11.3 Å². The molecule has 1 saturated heterocycles. The van der Waals surface area contributed by atoms with Gasteiger partial charge in [-0.25, -0.2) is 14.8 Å². The number of anilines is 2. The highest BCUT2D eigenvalue weighted by atomic mass is 32.1. The van der Waals surface area contributed by atoms with Gasteiger partial charge < -0.3 is 19.5 Å². The average molecular weight is 420 g/mol. The molecule has 3 heterocycles. The average Bonchev–Trinajstić information content (AvgIpc) is 3.40. The second-order valence-corrected chi connectivity index (χ2v) is 8.04. The van der Waals surface area contributed by atoms with Gasteiger partial charge in [-0.05, 0) is 12.1 Å². The quantitative estimate of drug-likeness (QED) is 0.525. The van der Waals surface area contributed by atoms with Crippen molar-refractivity contribution in [3.63, 3.8) is 0 Å². The number of aryl methyl sites for hydroxylation is 1. The molecule has 0 unspecified atom stereocenters. The number of hydrogen-bond donors (Lipinski definition) is 1. The molecule has 0 aliphatic carbocycles. The van der Waals surface area contributed by atoms with Crippen molar-refractivity contribution < 1.29 is 9.21 Å². The number of carbonyl (C=O) groups excluding carboxylic acids is 1. The fourth-order valence-corrected chi connectivity index (χ4v) is 4.46. The first-order chi connectivity index (χ1) is 14.7. The van der Waals surface area contributed by atoms with Crippen molar-refractivity contribution in [1.82, 2.24) is 14.9 Å². The molecule has 2 amide bonds. The zero-order valence-electron chi connectivity index (χ0n) is 16.5. The Morgan fingerprint density at radius 3 is 2.67 bits per heavy atom. The zero-order valence-corrected chi connectivity index (χ0v) is 17.4. The number of carbonyl (C=O) groups is 1. The molecule has 0 spiro atoms. The summed E-state index contributed by atoms with van der Waals surface area (Å²) in [5.41, 5.74) is 4.29. The summed E-state index contributed by atoms with van der Waals surface area (Å²) in [5, 5.41) is 6.05. The number of nitrogens with one attached hydrogen (secondary N) is 1. The Morgan fingerprint density at radius 1 is 1.07 bits per heavy atom. The van der Waals surface area contributed by atoms with E-state index in [-0.39, 0.29) is 6.03 Å². The van der Waals surface area contributed by atoms with E-state index in [1.807, 2.05) is 48.2 Å². The highest BCUT2D eigenvalue weighted by molar-refractivity contribution is 7.14. The van der Waals surface area contributed by atoms with Gasteiger partial charge in [-0.1, -0.05) is 30.3 Å². The van der Waals surface area contributed by atoms with Crippen molar-refractivity contribution in [3.8, 4) is 11.3 Å². The number of oxazole rings is 1. The van der Waals surface area contributed by atoms with Crippen LogP contribution in [-0.4, -0.2) is 47.1 Å². The summed E-state index contributed by atoms with van der Waals surface area (Å²) in [6.07, 6.45) is 0.